The zero-order valence-electron chi connectivity index (χ0n) is 8.44. The first-order valence-corrected chi connectivity index (χ1v) is 4.83. The van der Waals surface area contributed by atoms with E-state index in [4.69, 9.17) is 4.74 Å². The number of hydrogen-bond acceptors (Lipinski definition) is 3. The average molecular weight is 195 g/mol. The number of ether oxygens (including phenoxy) is 1. The molecule has 0 aromatic heterocycles. The van der Waals surface area contributed by atoms with Crippen LogP contribution in [0.15, 0.2) is 30.3 Å². The first-order chi connectivity index (χ1) is 6.83. The Morgan fingerprint density at radius 3 is 2.71 bits per heavy atom. The summed E-state index contributed by atoms with van der Waals surface area (Å²) in [5.41, 5.74) is 0. The Morgan fingerprint density at radius 1 is 1.36 bits per heavy atom. The van der Waals surface area contributed by atoms with Gasteiger partial charge in [0.25, 0.3) is 0 Å². The summed E-state index contributed by atoms with van der Waals surface area (Å²) in [5.74, 6) is 0.851. The molecule has 0 amide bonds. The number of aliphatic hydroxyl groups is 1. The van der Waals surface area contributed by atoms with E-state index in [2.05, 4.69) is 5.32 Å². The Kier molecular flexibility index (Phi) is 5.04. The fourth-order valence-corrected chi connectivity index (χ4v) is 1.17. The zero-order valence-corrected chi connectivity index (χ0v) is 8.44. The second kappa shape index (κ2) is 6.40. The molecule has 0 fully saturated rings. The summed E-state index contributed by atoms with van der Waals surface area (Å²) in [7, 11) is 1.82. The van der Waals surface area contributed by atoms with E-state index in [0.717, 1.165) is 5.75 Å². The molecule has 1 unspecified atom stereocenters. The van der Waals surface area contributed by atoms with Crippen LogP contribution in [0.5, 0.6) is 5.75 Å². The predicted molar refractivity (Wildman–Crippen MR) is 56.5 cm³/mol. The van der Waals surface area contributed by atoms with Crippen molar-refractivity contribution in [2.45, 2.75) is 12.5 Å². The van der Waals surface area contributed by atoms with Gasteiger partial charge in [-0.3, -0.25) is 0 Å². The van der Waals surface area contributed by atoms with Crippen molar-refractivity contribution in [3.8, 4) is 5.75 Å². The van der Waals surface area contributed by atoms with Gasteiger partial charge < -0.3 is 15.2 Å². The van der Waals surface area contributed by atoms with Crippen molar-refractivity contribution in [3.63, 3.8) is 0 Å². The van der Waals surface area contributed by atoms with Gasteiger partial charge in [-0.2, -0.15) is 0 Å². The minimum absolute atomic E-state index is 0.330. The SMILES string of the molecule is CNCC(O)CCOc1ccccc1. The van der Waals surface area contributed by atoms with E-state index in [-0.39, 0.29) is 6.10 Å². The Bertz CT molecular complexity index is 238. The van der Waals surface area contributed by atoms with Gasteiger partial charge in [0.15, 0.2) is 0 Å². The first-order valence-electron chi connectivity index (χ1n) is 4.83. The maximum absolute atomic E-state index is 9.38. The molecular weight excluding hydrogens is 178 g/mol. The summed E-state index contributed by atoms with van der Waals surface area (Å²) in [6, 6.07) is 9.62. The molecule has 1 atom stereocenters. The fraction of sp³-hybridized carbons (Fsp3) is 0.455. The lowest BCUT2D eigenvalue weighted by atomic mass is 10.2. The standard InChI is InChI=1S/C11H17NO2/c1-12-9-10(13)7-8-14-11-5-3-2-4-6-11/h2-6,10,12-13H,7-9H2,1H3. The highest BCUT2D eigenvalue weighted by atomic mass is 16.5. The molecule has 2 N–H and O–H groups in total. The van der Waals surface area contributed by atoms with Crippen molar-refractivity contribution in [3.05, 3.63) is 30.3 Å². The quantitative estimate of drug-likeness (QED) is 0.712. The Balaban J connectivity index is 2.16. The van der Waals surface area contributed by atoms with Crippen molar-refractivity contribution < 1.29 is 9.84 Å². The molecule has 0 heterocycles. The molecule has 0 aliphatic rings. The van der Waals surface area contributed by atoms with Crippen molar-refractivity contribution >= 4 is 0 Å². The summed E-state index contributed by atoms with van der Waals surface area (Å²) in [6.07, 6.45) is 0.319. The number of likely N-dealkylation sites (N-methyl/N-ethyl adjacent to an activating group) is 1. The van der Waals surface area contributed by atoms with Gasteiger partial charge >= 0.3 is 0 Å². The largest absolute Gasteiger partial charge is 0.493 e. The van der Waals surface area contributed by atoms with Crippen LogP contribution in [-0.4, -0.2) is 31.4 Å². The predicted octanol–water partition coefficient (Wildman–Crippen LogP) is 1.04. The molecule has 0 aliphatic heterocycles. The molecule has 3 nitrogen and oxygen atoms in total. The number of nitrogens with one attached hydrogen (secondary N) is 1. The molecule has 1 aromatic carbocycles. The van der Waals surface area contributed by atoms with Crippen LogP contribution in [0.1, 0.15) is 6.42 Å². The van der Waals surface area contributed by atoms with Crippen LogP contribution in [0.2, 0.25) is 0 Å². The molecule has 0 aliphatic carbocycles. The van der Waals surface area contributed by atoms with E-state index in [1.807, 2.05) is 37.4 Å². The van der Waals surface area contributed by atoms with Crippen molar-refractivity contribution in [1.29, 1.82) is 0 Å². The van der Waals surface area contributed by atoms with Gasteiger partial charge in [0, 0.05) is 13.0 Å². The van der Waals surface area contributed by atoms with Gasteiger partial charge in [0.1, 0.15) is 5.75 Å². The second-order valence-corrected chi connectivity index (χ2v) is 3.16. The van der Waals surface area contributed by atoms with E-state index in [1.165, 1.54) is 0 Å². The third kappa shape index (κ3) is 4.25. The minimum atomic E-state index is -0.330. The van der Waals surface area contributed by atoms with Crippen LogP contribution in [-0.2, 0) is 0 Å². The van der Waals surface area contributed by atoms with Crippen LogP contribution in [0, 0.1) is 0 Å². The number of rotatable bonds is 6. The van der Waals surface area contributed by atoms with Crippen molar-refractivity contribution in [2.24, 2.45) is 0 Å². The highest BCUT2D eigenvalue weighted by Crippen LogP contribution is 2.08. The highest BCUT2D eigenvalue weighted by molar-refractivity contribution is 5.20. The molecule has 0 saturated heterocycles. The molecule has 0 spiro atoms. The van der Waals surface area contributed by atoms with E-state index in [0.29, 0.717) is 19.6 Å². The molecular formula is C11H17NO2. The zero-order chi connectivity index (χ0) is 10.2. The molecule has 1 rings (SSSR count). The summed E-state index contributed by atoms with van der Waals surface area (Å²) in [4.78, 5) is 0. The molecule has 78 valence electrons. The summed E-state index contributed by atoms with van der Waals surface area (Å²) >= 11 is 0. The number of benzene rings is 1. The van der Waals surface area contributed by atoms with Crippen molar-refractivity contribution in [2.75, 3.05) is 20.2 Å². The lowest BCUT2D eigenvalue weighted by molar-refractivity contribution is 0.139. The average Bonchev–Trinajstić information content (AvgIpc) is 2.20. The summed E-state index contributed by atoms with van der Waals surface area (Å²) in [6.45, 7) is 1.16. The maximum atomic E-state index is 9.38. The Morgan fingerprint density at radius 2 is 2.07 bits per heavy atom. The van der Waals surface area contributed by atoms with E-state index in [1.54, 1.807) is 0 Å². The van der Waals surface area contributed by atoms with Crippen LogP contribution in [0.25, 0.3) is 0 Å². The van der Waals surface area contributed by atoms with Gasteiger partial charge in [-0.25, -0.2) is 0 Å². The third-order valence-electron chi connectivity index (χ3n) is 1.90. The number of para-hydroxylation sites is 1. The molecule has 14 heavy (non-hydrogen) atoms. The lowest BCUT2D eigenvalue weighted by Gasteiger charge is -2.10. The smallest absolute Gasteiger partial charge is 0.119 e. The topological polar surface area (TPSA) is 41.5 Å². The monoisotopic (exact) mass is 195 g/mol. The fourth-order valence-electron chi connectivity index (χ4n) is 1.17. The lowest BCUT2D eigenvalue weighted by Crippen LogP contribution is -2.25. The number of hydrogen-bond donors (Lipinski definition) is 2. The maximum Gasteiger partial charge on any atom is 0.119 e. The molecule has 0 saturated carbocycles. The minimum Gasteiger partial charge on any atom is -0.493 e. The Hall–Kier alpha value is -1.06. The van der Waals surface area contributed by atoms with Crippen LogP contribution in [0.3, 0.4) is 0 Å². The van der Waals surface area contributed by atoms with E-state index >= 15 is 0 Å². The Labute approximate surface area is 84.7 Å². The van der Waals surface area contributed by atoms with Gasteiger partial charge in [0.2, 0.25) is 0 Å². The highest BCUT2D eigenvalue weighted by Gasteiger charge is 2.01. The van der Waals surface area contributed by atoms with Gasteiger partial charge in [0.05, 0.1) is 12.7 Å². The summed E-state index contributed by atoms with van der Waals surface area (Å²) in [5, 5.41) is 12.3. The number of aliphatic hydroxyl groups excluding tert-OH is 1. The van der Waals surface area contributed by atoms with E-state index in [9.17, 15) is 5.11 Å². The van der Waals surface area contributed by atoms with E-state index < -0.39 is 0 Å². The van der Waals surface area contributed by atoms with Crippen molar-refractivity contribution in [1.82, 2.24) is 5.32 Å². The normalized spacial score (nSPS) is 12.4. The van der Waals surface area contributed by atoms with Gasteiger partial charge in [-0.1, -0.05) is 18.2 Å². The molecule has 0 bridgehead atoms. The van der Waals surface area contributed by atoms with Crippen LogP contribution >= 0.6 is 0 Å². The second-order valence-electron chi connectivity index (χ2n) is 3.16. The first kappa shape index (κ1) is 11.0. The molecule has 1 aromatic rings. The van der Waals surface area contributed by atoms with Gasteiger partial charge in [-0.05, 0) is 19.2 Å². The third-order valence-corrected chi connectivity index (χ3v) is 1.90. The summed E-state index contributed by atoms with van der Waals surface area (Å²) < 4.78 is 5.44. The molecule has 0 radical (unpaired) electrons. The van der Waals surface area contributed by atoms with Crippen LogP contribution in [0.4, 0.5) is 0 Å². The molecule has 3 heteroatoms. The van der Waals surface area contributed by atoms with Crippen LogP contribution < -0.4 is 10.1 Å². The van der Waals surface area contributed by atoms with Gasteiger partial charge in [-0.15, -0.1) is 0 Å².